The Kier molecular flexibility index (Phi) is 3.05. The Hall–Kier alpha value is -2.80. The van der Waals surface area contributed by atoms with E-state index in [0.29, 0.717) is 0 Å². The van der Waals surface area contributed by atoms with E-state index in [-0.39, 0.29) is 0 Å². The fraction of sp³-hybridized carbons (Fsp3) is 0.0476. The second-order valence-corrected chi connectivity index (χ2v) is 5.64. The molecule has 0 amide bonds. The topological polar surface area (TPSA) is 15.8 Å². The van der Waals surface area contributed by atoms with E-state index in [0.717, 1.165) is 0 Å². The predicted molar refractivity (Wildman–Crippen MR) is 93.9 cm³/mol. The predicted octanol–water partition coefficient (Wildman–Crippen LogP) is 5.81. The highest BCUT2D eigenvalue weighted by molar-refractivity contribution is 5.97. The highest BCUT2D eigenvalue weighted by atomic mass is 14.7. The van der Waals surface area contributed by atoms with Gasteiger partial charge < -0.3 is 4.98 Å². The van der Waals surface area contributed by atoms with E-state index >= 15 is 0 Å². The molecule has 106 valence electrons. The smallest absolute Gasteiger partial charge is 0.0490 e. The number of aromatic nitrogens is 1. The van der Waals surface area contributed by atoms with Crippen LogP contribution in [0.25, 0.3) is 33.2 Å². The summed E-state index contributed by atoms with van der Waals surface area (Å²) in [5.41, 5.74) is 7.52. The third-order valence-corrected chi connectivity index (χ3v) is 4.23. The third kappa shape index (κ3) is 2.11. The molecule has 0 atom stereocenters. The molecule has 0 aliphatic heterocycles. The first-order valence-corrected chi connectivity index (χ1v) is 7.55. The Morgan fingerprint density at radius 2 is 1.32 bits per heavy atom. The number of fused-ring (bicyclic) bond motifs is 1. The van der Waals surface area contributed by atoms with Crippen molar-refractivity contribution in [3.63, 3.8) is 0 Å². The van der Waals surface area contributed by atoms with E-state index in [1.165, 1.54) is 38.7 Å². The first-order chi connectivity index (χ1) is 10.8. The number of benzene rings is 3. The zero-order valence-corrected chi connectivity index (χ0v) is 12.5. The maximum absolute atomic E-state index is 3.40. The Morgan fingerprint density at radius 3 is 2.09 bits per heavy atom. The Labute approximate surface area is 130 Å². The Bertz CT molecular complexity index is 915. The lowest BCUT2D eigenvalue weighted by Gasteiger charge is -2.04. The molecule has 1 heterocycles. The van der Waals surface area contributed by atoms with Gasteiger partial charge in [-0.3, -0.25) is 0 Å². The number of H-pyrrole nitrogens is 1. The fourth-order valence-electron chi connectivity index (χ4n) is 3.02. The Balaban J connectivity index is 1.78. The van der Waals surface area contributed by atoms with Crippen LogP contribution < -0.4 is 0 Å². The highest BCUT2D eigenvalue weighted by Crippen LogP contribution is 2.31. The number of hydrogen-bond acceptors (Lipinski definition) is 0. The molecule has 0 fully saturated rings. The summed E-state index contributed by atoms with van der Waals surface area (Å²) < 4.78 is 0. The van der Waals surface area contributed by atoms with Crippen LogP contribution in [-0.4, -0.2) is 4.98 Å². The minimum Gasteiger partial charge on any atom is -0.360 e. The molecule has 22 heavy (non-hydrogen) atoms. The van der Waals surface area contributed by atoms with Crippen LogP contribution in [0.3, 0.4) is 0 Å². The lowest BCUT2D eigenvalue weighted by atomic mass is 9.99. The molecule has 0 saturated carbocycles. The molecular weight excluding hydrogens is 266 g/mol. The van der Waals surface area contributed by atoms with Crippen LogP contribution in [0, 0.1) is 6.92 Å². The minimum atomic E-state index is 1.23. The lowest BCUT2D eigenvalue weighted by Crippen LogP contribution is -1.79. The first kappa shape index (κ1) is 12.9. The van der Waals surface area contributed by atoms with Gasteiger partial charge in [0.05, 0.1) is 0 Å². The van der Waals surface area contributed by atoms with E-state index in [9.17, 15) is 0 Å². The molecule has 1 N–H and O–H groups in total. The summed E-state index contributed by atoms with van der Waals surface area (Å²) in [4.78, 5) is 3.40. The summed E-state index contributed by atoms with van der Waals surface area (Å²) >= 11 is 0. The first-order valence-electron chi connectivity index (χ1n) is 7.55. The van der Waals surface area contributed by atoms with Gasteiger partial charge in [0.1, 0.15) is 0 Å². The van der Waals surface area contributed by atoms with Gasteiger partial charge in [-0.15, -0.1) is 0 Å². The maximum Gasteiger partial charge on any atom is 0.0490 e. The summed E-state index contributed by atoms with van der Waals surface area (Å²) in [7, 11) is 0. The fourth-order valence-corrected chi connectivity index (χ4v) is 3.02. The molecule has 0 spiro atoms. The van der Waals surface area contributed by atoms with Crippen LogP contribution in [0.2, 0.25) is 0 Å². The summed E-state index contributed by atoms with van der Waals surface area (Å²) in [5.74, 6) is 0. The summed E-state index contributed by atoms with van der Waals surface area (Å²) in [6, 6.07) is 25.7. The molecule has 0 bridgehead atoms. The van der Waals surface area contributed by atoms with Crippen LogP contribution in [0.5, 0.6) is 0 Å². The molecule has 0 aliphatic carbocycles. The third-order valence-electron chi connectivity index (χ3n) is 4.23. The van der Waals surface area contributed by atoms with Crippen LogP contribution in [0.4, 0.5) is 0 Å². The highest BCUT2D eigenvalue weighted by Gasteiger charge is 2.07. The molecule has 1 nitrogen and oxygen atoms in total. The second kappa shape index (κ2) is 5.19. The van der Waals surface area contributed by atoms with Crippen LogP contribution >= 0.6 is 0 Å². The molecule has 0 radical (unpaired) electrons. The van der Waals surface area contributed by atoms with Crippen molar-refractivity contribution in [2.24, 2.45) is 0 Å². The number of hydrogen-bond donors (Lipinski definition) is 1. The van der Waals surface area contributed by atoms with Gasteiger partial charge >= 0.3 is 0 Å². The average Bonchev–Trinajstić information content (AvgIpc) is 3.01. The normalized spacial score (nSPS) is 11.0. The number of nitrogens with one attached hydrogen (secondary N) is 1. The maximum atomic E-state index is 3.40. The second-order valence-electron chi connectivity index (χ2n) is 5.64. The quantitative estimate of drug-likeness (QED) is 0.478. The van der Waals surface area contributed by atoms with Gasteiger partial charge in [0.25, 0.3) is 0 Å². The molecule has 0 unspecified atom stereocenters. The zero-order chi connectivity index (χ0) is 14.9. The van der Waals surface area contributed by atoms with Crippen molar-refractivity contribution in [1.29, 1.82) is 0 Å². The molecule has 1 heteroatoms. The summed E-state index contributed by atoms with van der Waals surface area (Å²) in [6.07, 6.45) is 2.11. The molecular formula is C21H17N. The lowest BCUT2D eigenvalue weighted by molar-refractivity contribution is 1.42. The average molecular weight is 283 g/mol. The SMILES string of the molecule is Cc1cccc2c(-c3ccc(-c4ccccc4)cc3)c[nH]c12. The standard InChI is InChI=1S/C21H17N/c1-15-6-5-9-19-20(14-22-21(15)19)18-12-10-17(11-13-18)16-7-3-2-4-8-16/h2-14,22H,1H3. The molecule has 0 saturated heterocycles. The van der Waals surface area contributed by atoms with Crippen molar-refractivity contribution in [2.75, 3.05) is 0 Å². The van der Waals surface area contributed by atoms with Gasteiger partial charge in [-0.05, 0) is 29.2 Å². The van der Waals surface area contributed by atoms with E-state index < -0.39 is 0 Å². The van der Waals surface area contributed by atoms with E-state index in [1.807, 2.05) is 6.07 Å². The number of aromatic amines is 1. The van der Waals surface area contributed by atoms with Crippen molar-refractivity contribution < 1.29 is 0 Å². The van der Waals surface area contributed by atoms with Gasteiger partial charge in [-0.25, -0.2) is 0 Å². The van der Waals surface area contributed by atoms with Crippen LogP contribution in [-0.2, 0) is 0 Å². The minimum absolute atomic E-state index is 1.23. The van der Waals surface area contributed by atoms with Crippen molar-refractivity contribution in [3.05, 3.63) is 84.6 Å². The molecule has 1 aromatic heterocycles. The van der Waals surface area contributed by atoms with E-state index in [1.54, 1.807) is 0 Å². The molecule has 4 aromatic rings. The van der Waals surface area contributed by atoms with Crippen molar-refractivity contribution in [2.45, 2.75) is 6.92 Å². The molecule has 0 aliphatic rings. The zero-order valence-electron chi connectivity index (χ0n) is 12.5. The van der Waals surface area contributed by atoms with Gasteiger partial charge in [-0.1, -0.05) is 72.8 Å². The molecule has 3 aromatic carbocycles. The van der Waals surface area contributed by atoms with Crippen LogP contribution in [0.15, 0.2) is 79.0 Å². The van der Waals surface area contributed by atoms with Gasteiger partial charge in [-0.2, -0.15) is 0 Å². The molecule has 4 rings (SSSR count). The number of aryl methyl sites for hydroxylation is 1. The van der Waals surface area contributed by atoms with Crippen molar-refractivity contribution >= 4 is 10.9 Å². The summed E-state index contributed by atoms with van der Waals surface area (Å²) in [5, 5.41) is 1.28. The summed E-state index contributed by atoms with van der Waals surface area (Å²) in [6.45, 7) is 2.14. The van der Waals surface area contributed by atoms with E-state index in [4.69, 9.17) is 0 Å². The number of rotatable bonds is 2. The monoisotopic (exact) mass is 283 g/mol. The van der Waals surface area contributed by atoms with Gasteiger partial charge in [0, 0.05) is 22.7 Å². The Morgan fingerprint density at radius 1 is 0.636 bits per heavy atom. The largest absolute Gasteiger partial charge is 0.360 e. The van der Waals surface area contributed by atoms with E-state index in [2.05, 4.69) is 84.8 Å². The number of para-hydroxylation sites is 1. The van der Waals surface area contributed by atoms with Crippen molar-refractivity contribution in [1.82, 2.24) is 4.98 Å². The van der Waals surface area contributed by atoms with Gasteiger partial charge in [0.2, 0.25) is 0 Å². The van der Waals surface area contributed by atoms with Gasteiger partial charge in [0.15, 0.2) is 0 Å². The van der Waals surface area contributed by atoms with Crippen molar-refractivity contribution in [3.8, 4) is 22.3 Å². The van der Waals surface area contributed by atoms with Crippen LogP contribution in [0.1, 0.15) is 5.56 Å².